The molecular formula is C12H22N2. The van der Waals surface area contributed by atoms with Crippen molar-refractivity contribution in [3.05, 3.63) is 0 Å². The maximum atomic E-state index is 8.24. The summed E-state index contributed by atoms with van der Waals surface area (Å²) in [5, 5.41) is 8.24. The van der Waals surface area contributed by atoms with Crippen LogP contribution in [-0.4, -0.2) is 23.3 Å². The van der Waals surface area contributed by atoms with Gasteiger partial charge in [0.25, 0.3) is 0 Å². The maximum Gasteiger partial charge on any atom is 0.0991 e. The Labute approximate surface area is 87.2 Å². The molecule has 0 bridgehead atoms. The molecule has 1 saturated heterocycles. The summed E-state index contributed by atoms with van der Waals surface area (Å²) in [4.78, 5) is 2.38. The fraction of sp³-hybridized carbons (Fsp3) is 0.917. The van der Waals surface area contributed by atoms with Gasteiger partial charge < -0.3 is 4.90 Å². The molecule has 1 saturated carbocycles. The van der Waals surface area contributed by atoms with Gasteiger partial charge in [-0.05, 0) is 32.1 Å². The van der Waals surface area contributed by atoms with Crippen LogP contribution in [0.2, 0.25) is 0 Å². The fourth-order valence-corrected chi connectivity index (χ4v) is 3.01. The predicted octanol–water partition coefficient (Wildman–Crippen LogP) is 3.03. The van der Waals surface area contributed by atoms with E-state index in [1.165, 1.54) is 44.9 Å². The Morgan fingerprint density at radius 2 is 1.93 bits per heavy atom. The van der Waals surface area contributed by atoms with Crippen molar-refractivity contribution in [3.63, 3.8) is 0 Å². The Morgan fingerprint density at radius 1 is 1.21 bits per heavy atom. The highest BCUT2D eigenvalue weighted by Crippen LogP contribution is 2.30. The van der Waals surface area contributed by atoms with Crippen molar-refractivity contribution in [3.8, 4) is 0 Å². The highest BCUT2D eigenvalue weighted by atomic mass is 15.2. The van der Waals surface area contributed by atoms with E-state index in [9.17, 15) is 0 Å². The third kappa shape index (κ3) is 1.79. The molecule has 14 heavy (non-hydrogen) atoms. The van der Waals surface area contributed by atoms with Crippen molar-refractivity contribution in [2.45, 2.75) is 57.9 Å². The summed E-state index contributed by atoms with van der Waals surface area (Å²) in [6.07, 6.45) is 9.06. The lowest BCUT2D eigenvalue weighted by molar-refractivity contribution is 0.356. The SMILES string of the molecule is CCC1CCCN1C(=N)C1CCCC1. The average molecular weight is 194 g/mol. The Bertz CT molecular complexity index is 206. The number of likely N-dealkylation sites (tertiary alicyclic amines) is 1. The van der Waals surface area contributed by atoms with Crippen LogP contribution in [0.4, 0.5) is 0 Å². The van der Waals surface area contributed by atoms with E-state index in [0.29, 0.717) is 12.0 Å². The van der Waals surface area contributed by atoms with Gasteiger partial charge in [-0.1, -0.05) is 19.8 Å². The number of rotatable bonds is 2. The van der Waals surface area contributed by atoms with Crippen LogP contribution >= 0.6 is 0 Å². The summed E-state index contributed by atoms with van der Waals surface area (Å²) in [6.45, 7) is 3.40. The van der Waals surface area contributed by atoms with Crippen LogP contribution in [0.15, 0.2) is 0 Å². The summed E-state index contributed by atoms with van der Waals surface area (Å²) in [6, 6.07) is 0.683. The Morgan fingerprint density at radius 3 is 2.57 bits per heavy atom. The van der Waals surface area contributed by atoms with Crippen molar-refractivity contribution in [1.29, 1.82) is 5.41 Å². The molecule has 1 aliphatic heterocycles. The van der Waals surface area contributed by atoms with Crippen LogP contribution in [0.25, 0.3) is 0 Å². The summed E-state index contributed by atoms with van der Waals surface area (Å²) < 4.78 is 0. The first-order valence-corrected chi connectivity index (χ1v) is 6.18. The zero-order valence-corrected chi connectivity index (χ0v) is 9.26. The van der Waals surface area contributed by atoms with Crippen molar-refractivity contribution in [2.75, 3.05) is 6.54 Å². The topological polar surface area (TPSA) is 27.1 Å². The molecule has 0 aromatic carbocycles. The minimum absolute atomic E-state index is 0.599. The fourth-order valence-electron chi connectivity index (χ4n) is 3.01. The number of hydrogen-bond acceptors (Lipinski definition) is 1. The second-order valence-corrected chi connectivity index (χ2v) is 4.76. The lowest BCUT2D eigenvalue weighted by atomic mass is 10.0. The molecule has 0 amide bonds. The van der Waals surface area contributed by atoms with Gasteiger partial charge in [-0.25, -0.2) is 0 Å². The van der Waals surface area contributed by atoms with Crippen molar-refractivity contribution >= 4 is 5.84 Å². The predicted molar refractivity (Wildman–Crippen MR) is 59.7 cm³/mol. The molecule has 1 heterocycles. The third-order valence-corrected chi connectivity index (χ3v) is 3.90. The van der Waals surface area contributed by atoms with Gasteiger partial charge in [-0.2, -0.15) is 0 Å². The van der Waals surface area contributed by atoms with Crippen molar-refractivity contribution < 1.29 is 0 Å². The van der Waals surface area contributed by atoms with E-state index >= 15 is 0 Å². The van der Waals surface area contributed by atoms with Crippen LogP contribution in [0, 0.1) is 11.3 Å². The van der Waals surface area contributed by atoms with Gasteiger partial charge in [0, 0.05) is 18.5 Å². The quantitative estimate of drug-likeness (QED) is 0.531. The van der Waals surface area contributed by atoms with Crippen LogP contribution < -0.4 is 0 Å². The molecule has 2 fully saturated rings. The number of hydrogen-bond donors (Lipinski definition) is 1. The van der Waals surface area contributed by atoms with E-state index in [-0.39, 0.29) is 0 Å². The summed E-state index contributed by atoms with van der Waals surface area (Å²) >= 11 is 0. The molecular weight excluding hydrogens is 172 g/mol. The summed E-state index contributed by atoms with van der Waals surface area (Å²) in [5.74, 6) is 1.56. The minimum Gasteiger partial charge on any atom is -0.357 e. The first-order valence-electron chi connectivity index (χ1n) is 6.18. The van der Waals surface area contributed by atoms with E-state index < -0.39 is 0 Å². The molecule has 0 aromatic heterocycles. The van der Waals surface area contributed by atoms with Gasteiger partial charge in [0.2, 0.25) is 0 Å². The molecule has 0 aromatic rings. The Kier molecular flexibility index (Phi) is 3.09. The van der Waals surface area contributed by atoms with E-state index in [2.05, 4.69) is 11.8 Å². The first kappa shape index (κ1) is 10.0. The maximum absolute atomic E-state index is 8.24. The second-order valence-electron chi connectivity index (χ2n) is 4.76. The van der Waals surface area contributed by atoms with E-state index in [1.54, 1.807) is 0 Å². The van der Waals surface area contributed by atoms with Gasteiger partial charge in [0.1, 0.15) is 0 Å². The lowest BCUT2D eigenvalue weighted by Gasteiger charge is -2.29. The number of nitrogens with one attached hydrogen (secondary N) is 1. The van der Waals surface area contributed by atoms with Crippen molar-refractivity contribution in [1.82, 2.24) is 4.90 Å². The molecule has 2 rings (SSSR count). The highest BCUT2D eigenvalue weighted by Gasteiger charge is 2.30. The van der Waals surface area contributed by atoms with Crippen LogP contribution in [0.1, 0.15) is 51.9 Å². The van der Waals surface area contributed by atoms with Gasteiger partial charge in [0.15, 0.2) is 0 Å². The normalized spacial score (nSPS) is 28.6. The minimum atomic E-state index is 0.599. The molecule has 0 radical (unpaired) electrons. The molecule has 2 nitrogen and oxygen atoms in total. The average Bonchev–Trinajstić information content (AvgIpc) is 2.87. The van der Waals surface area contributed by atoms with Gasteiger partial charge in [0.05, 0.1) is 5.84 Å². The Balaban J connectivity index is 1.95. The molecule has 1 N–H and O–H groups in total. The van der Waals surface area contributed by atoms with E-state index in [0.717, 1.165) is 12.4 Å². The molecule has 80 valence electrons. The number of amidine groups is 1. The van der Waals surface area contributed by atoms with Crippen molar-refractivity contribution in [2.24, 2.45) is 5.92 Å². The molecule has 2 heteroatoms. The first-order chi connectivity index (χ1) is 6.83. The number of nitrogens with zero attached hydrogens (tertiary/aromatic N) is 1. The van der Waals surface area contributed by atoms with E-state index in [4.69, 9.17) is 5.41 Å². The summed E-state index contributed by atoms with van der Waals surface area (Å²) in [5.41, 5.74) is 0. The molecule has 0 spiro atoms. The molecule has 1 aliphatic carbocycles. The third-order valence-electron chi connectivity index (χ3n) is 3.90. The molecule has 1 atom stereocenters. The van der Waals surface area contributed by atoms with Crippen LogP contribution in [-0.2, 0) is 0 Å². The molecule has 2 aliphatic rings. The molecule has 1 unspecified atom stereocenters. The van der Waals surface area contributed by atoms with Gasteiger partial charge >= 0.3 is 0 Å². The highest BCUT2D eigenvalue weighted by molar-refractivity contribution is 5.82. The van der Waals surface area contributed by atoms with Gasteiger partial charge in [-0.15, -0.1) is 0 Å². The largest absolute Gasteiger partial charge is 0.357 e. The smallest absolute Gasteiger partial charge is 0.0991 e. The zero-order valence-electron chi connectivity index (χ0n) is 9.26. The van der Waals surface area contributed by atoms with E-state index in [1.807, 2.05) is 0 Å². The standard InChI is InChI=1S/C12H22N2/c1-2-11-8-5-9-14(11)12(13)10-6-3-4-7-10/h10-11,13H,2-9H2,1H3. The monoisotopic (exact) mass is 194 g/mol. The zero-order chi connectivity index (χ0) is 9.97. The lowest BCUT2D eigenvalue weighted by Crippen LogP contribution is -2.38. The van der Waals surface area contributed by atoms with Gasteiger partial charge in [-0.3, -0.25) is 5.41 Å². The summed E-state index contributed by atoms with van der Waals surface area (Å²) in [7, 11) is 0. The second kappa shape index (κ2) is 4.33. The Hall–Kier alpha value is -0.530. The van der Waals surface area contributed by atoms with Crippen LogP contribution in [0.3, 0.4) is 0 Å². The van der Waals surface area contributed by atoms with Crippen LogP contribution in [0.5, 0.6) is 0 Å².